The Kier molecular flexibility index (Phi) is 20.5. The number of hydrogen-bond acceptors (Lipinski definition) is 4. The molecule has 0 aliphatic rings. The van der Waals surface area contributed by atoms with E-state index in [0.717, 1.165) is 80.6 Å². The van der Waals surface area contributed by atoms with Crippen LogP contribution in [0.1, 0.15) is 75.6 Å². The van der Waals surface area contributed by atoms with Crippen LogP contribution in [0.15, 0.2) is 485 Å². The number of rotatable bonds is 20. The first-order valence-corrected chi connectivity index (χ1v) is 52.9. The molecule has 0 fully saturated rings. The fraction of sp³-hybridized carbons (Fsp3) is 0.0704. The van der Waals surface area contributed by atoms with Gasteiger partial charge in [0.05, 0.1) is 100 Å². The Bertz CT molecular complexity index is 9770. The highest BCUT2D eigenvalue weighted by molar-refractivity contribution is 6.35. The van der Waals surface area contributed by atoms with E-state index in [4.69, 9.17) is 0 Å². The first kappa shape index (κ1) is 87.8. The van der Waals surface area contributed by atoms with E-state index < -0.39 is 0 Å². The minimum Gasteiger partial charge on any atom is -0.310 e. The Balaban J connectivity index is 0.000000143. The van der Waals surface area contributed by atoms with Gasteiger partial charge < -0.3 is 37.2 Å². The monoisotopic (exact) mass is 1920 g/mol. The predicted octanol–water partition coefficient (Wildman–Crippen LogP) is 39.9. The highest BCUT2D eigenvalue weighted by Gasteiger charge is 2.35. The standard InChI is InChI=1S/C78H50N4.C64H54N4/c1-7-25-51(26-8-1)57-39-23-40-58(52-27-9-2-10-28-52)75(57)79(55-33-15-5-16-34-55)69-47-45-61-65-49-72-66(50-71(65)81-67-43-21-19-37-63(67)73(69)77(61)81)62-46-48-70(74-64-38-20-22-44-68(64)82(72)78(62)74)80(56-35-17-6-18-36-56)76-59(53-29-11-3-12-30-53)41-24-42-60(76)54-31-13-4-14-32-54;1-7-41-23-27-45(28-24-41)65(47-17-13-15-43(35-47)39(3)4)57-33-31-49-53-37-60-54(38-59(53)67-55-21-11-9-19-51(55)61(57)63(49)67)50-32-34-58(62-52-20-10-12-22-56(52)68(60)64(50)62)66(46-29-25-42(8-2)26-30-46)48-18-14-16-44(36-48)40(5)6/h1-50H;9-40H,7-8H2,1-6H3. The van der Waals surface area contributed by atoms with Crippen LogP contribution in [0.2, 0.25) is 0 Å². The minimum absolute atomic E-state index is 0.413. The van der Waals surface area contributed by atoms with Gasteiger partial charge in [0.1, 0.15) is 0 Å². The van der Waals surface area contributed by atoms with Crippen molar-refractivity contribution >= 4 is 221 Å². The first-order chi connectivity index (χ1) is 74.1. The SMILES string of the molecule is CCc1ccc(N(c2cccc(C(C)C)c2)c2ccc3c4cc5c(cc4n4c6ccccc6c2c34)c2ccc(N(c3ccc(CC)cc3)c3cccc(C(C)C)c3)c3c4ccccc4n5c23)cc1.c1ccc(-c2cccc(-c3ccccc3)c2N(c2ccccc2)c2ccc3c4cc5c(cc4n4c6ccccc6c2c34)c2ccc(N(c3ccccc3)c3c(-c4ccccc4)cccc3-c3ccccc3)c3c4ccccc4n5c23)cc1. The van der Waals surface area contributed by atoms with Crippen LogP contribution in [0.25, 0.3) is 197 Å². The van der Waals surface area contributed by atoms with E-state index in [0.29, 0.717) is 11.8 Å². The molecule has 8 nitrogen and oxygen atoms in total. The van der Waals surface area contributed by atoms with Crippen LogP contribution >= 0.6 is 0 Å². The third kappa shape index (κ3) is 13.5. The minimum atomic E-state index is 0.413. The molecule has 0 saturated carbocycles. The van der Waals surface area contributed by atoms with Crippen molar-refractivity contribution in [2.24, 2.45) is 0 Å². The molecular weight excluding hydrogens is 1820 g/mol. The molecule has 0 amide bonds. The zero-order chi connectivity index (χ0) is 99.8. The lowest BCUT2D eigenvalue weighted by atomic mass is 9.93. The normalized spacial score (nSPS) is 12.1. The fourth-order valence-electron chi connectivity index (χ4n) is 25.3. The lowest BCUT2D eigenvalue weighted by Crippen LogP contribution is -2.13. The van der Waals surface area contributed by atoms with Crippen molar-refractivity contribution in [2.75, 3.05) is 19.6 Å². The van der Waals surface area contributed by atoms with Gasteiger partial charge in [0.2, 0.25) is 0 Å². The zero-order valence-electron chi connectivity index (χ0n) is 84.3. The molecule has 0 unspecified atom stereocenters. The zero-order valence-corrected chi connectivity index (χ0v) is 84.3. The average molecular weight is 1920 g/mol. The van der Waals surface area contributed by atoms with Crippen molar-refractivity contribution in [3.63, 3.8) is 0 Å². The van der Waals surface area contributed by atoms with E-state index in [2.05, 4.69) is 564 Å². The van der Waals surface area contributed by atoms with Gasteiger partial charge in [-0.1, -0.05) is 381 Å². The van der Waals surface area contributed by atoms with Gasteiger partial charge in [0.25, 0.3) is 0 Å². The molecule has 150 heavy (non-hydrogen) atoms. The van der Waals surface area contributed by atoms with Crippen LogP contribution < -0.4 is 19.6 Å². The van der Waals surface area contributed by atoms with Gasteiger partial charge in [-0.3, -0.25) is 0 Å². The number of para-hydroxylation sites is 8. The second kappa shape index (κ2) is 35.0. The summed E-state index contributed by atoms with van der Waals surface area (Å²) >= 11 is 0. The topological polar surface area (TPSA) is 30.6 Å². The Morgan fingerprint density at radius 3 is 0.680 bits per heavy atom. The molecule has 8 heterocycles. The van der Waals surface area contributed by atoms with Crippen LogP contribution in [0, 0.1) is 0 Å². The number of nitrogens with zero attached hydrogens (tertiary/aromatic N) is 8. The summed E-state index contributed by atoms with van der Waals surface area (Å²) in [5.41, 5.74) is 43.1. The summed E-state index contributed by atoms with van der Waals surface area (Å²) in [7, 11) is 0. The predicted molar refractivity (Wildman–Crippen MR) is 639 cm³/mol. The summed E-state index contributed by atoms with van der Waals surface area (Å²) in [6.45, 7) is 13.6. The van der Waals surface area contributed by atoms with E-state index in [-0.39, 0.29) is 0 Å². The summed E-state index contributed by atoms with van der Waals surface area (Å²) in [4.78, 5) is 10.0. The number of fused-ring (bicyclic) bond motifs is 24. The highest BCUT2D eigenvalue weighted by Crippen LogP contribution is 2.59. The van der Waals surface area contributed by atoms with Gasteiger partial charge in [-0.15, -0.1) is 0 Å². The molecule has 0 spiro atoms. The number of aryl methyl sites for hydroxylation is 2. The Labute approximate surface area is 869 Å². The molecule has 0 atom stereocenters. The van der Waals surface area contributed by atoms with E-state index in [1.807, 2.05) is 0 Å². The van der Waals surface area contributed by atoms with Crippen molar-refractivity contribution in [3.05, 3.63) is 508 Å². The summed E-state index contributed by atoms with van der Waals surface area (Å²) in [6, 6.07) is 181. The van der Waals surface area contributed by atoms with Crippen molar-refractivity contribution in [2.45, 2.75) is 66.2 Å². The largest absolute Gasteiger partial charge is 0.310 e. The van der Waals surface area contributed by atoms with E-state index in [9.17, 15) is 0 Å². The summed E-state index contributed by atoms with van der Waals surface area (Å²) in [5.74, 6) is 0.826. The number of benzene rings is 22. The van der Waals surface area contributed by atoms with Gasteiger partial charge in [-0.05, 0) is 215 Å². The van der Waals surface area contributed by atoms with Crippen molar-refractivity contribution < 1.29 is 0 Å². The maximum atomic E-state index is 2.56. The second-order valence-corrected chi connectivity index (χ2v) is 41.0. The Morgan fingerprint density at radius 1 is 0.180 bits per heavy atom. The lowest BCUT2D eigenvalue weighted by Gasteiger charge is -2.31. The van der Waals surface area contributed by atoms with Crippen LogP contribution in [0.4, 0.5) is 68.2 Å². The summed E-state index contributed by atoms with van der Waals surface area (Å²) < 4.78 is 10.2. The van der Waals surface area contributed by atoms with Crippen LogP contribution in [0.5, 0.6) is 0 Å². The Morgan fingerprint density at radius 2 is 0.413 bits per heavy atom. The number of anilines is 12. The molecule has 0 N–H and O–H groups in total. The second-order valence-electron chi connectivity index (χ2n) is 41.0. The molecule has 0 bridgehead atoms. The Hall–Kier alpha value is -18.8. The van der Waals surface area contributed by atoms with Crippen molar-refractivity contribution in [1.82, 2.24) is 17.6 Å². The van der Waals surface area contributed by atoms with Crippen molar-refractivity contribution in [1.29, 1.82) is 0 Å². The maximum Gasteiger partial charge on any atom is 0.0641 e. The molecule has 0 aliphatic carbocycles. The van der Waals surface area contributed by atoms with Gasteiger partial charge in [-0.25, -0.2) is 0 Å². The van der Waals surface area contributed by atoms with Gasteiger partial charge >= 0.3 is 0 Å². The molecule has 0 aliphatic heterocycles. The van der Waals surface area contributed by atoms with E-state index in [1.165, 1.54) is 220 Å². The molecule has 0 saturated heterocycles. The molecule has 0 radical (unpaired) electrons. The summed E-state index contributed by atoms with van der Waals surface area (Å²) in [6.07, 6.45) is 2.01. The summed E-state index contributed by atoms with van der Waals surface area (Å²) in [5, 5.41) is 19.9. The number of aromatic nitrogens is 4. The van der Waals surface area contributed by atoms with E-state index in [1.54, 1.807) is 0 Å². The van der Waals surface area contributed by atoms with Crippen LogP contribution in [-0.2, 0) is 12.8 Å². The smallest absolute Gasteiger partial charge is 0.0641 e. The van der Waals surface area contributed by atoms with Crippen LogP contribution in [-0.4, -0.2) is 17.6 Å². The molecule has 712 valence electrons. The molecule has 8 heteroatoms. The third-order valence-corrected chi connectivity index (χ3v) is 32.2. The molecule has 8 aromatic heterocycles. The molecule has 30 aromatic rings. The molecule has 22 aromatic carbocycles. The van der Waals surface area contributed by atoms with Gasteiger partial charge in [0.15, 0.2) is 0 Å². The number of hydrogen-bond donors (Lipinski definition) is 0. The fourth-order valence-corrected chi connectivity index (χ4v) is 25.3. The van der Waals surface area contributed by atoms with Crippen LogP contribution in [0.3, 0.4) is 0 Å². The quantitative estimate of drug-likeness (QED) is 0.0761. The molecular formula is C142H104N8. The average Bonchev–Trinajstić information content (AvgIpc) is 1.51. The van der Waals surface area contributed by atoms with Gasteiger partial charge in [-0.2, -0.15) is 0 Å². The highest BCUT2D eigenvalue weighted by atomic mass is 15.2. The van der Waals surface area contributed by atoms with Gasteiger partial charge in [0, 0.05) is 143 Å². The maximum absolute atomic E-state index is 2.56. The lowest BCUT2D eigenvalue weighted by molar-refractivity contribution is 0.866. The van der Waals surface area contributed by atoms with E-state index >= 15 is 0 Å². The third-order valence-electron chi connectivity index (χ3n) is 32.2. The first-order valence-electron chi connectivity index (χ1n) is 52.9. The molecule has 30 rings (SSSR count). The van der Waals surface area contributed by atoms with Crippen molar-refractivity contribution in [3.8, 4) is 44.5 Å².